The number of nitrogens with one attached hydrogen (secondary N) is 1. The average Bonchev–Trinajstić information content (AvgIpc) is 2.47. The summed E-state index contributed by atoms with van der Waals surface area (Å²) in [5, 5.41) is 24.2. The van der Waals surface area contributed by atoms with Crippen LogP contribution < -0.4 is 10.1 Å². The van der Waals surface area contributed by atoms with Gasteiger partial charge in [-0.25, -0.2) is 0 Å². The van der Waals surface area contributed by atoms with Crippen LogP contribution in [0, 0.1) is 0 Å². The third-order valence-corrected chi connectivity index (χ3v) is 3.36. The molecule has 2 aromatic rings. The molecule has 0 spiro atoms. The Morgan fingerprint density at radius 3 is 2.50 bits per heavy atom. The number of aliphatic hydroxyl groups is 2. The molecule has 2 aromatic carbocycles. The SMILES string of the molecule is COc1ccc(CNCC(C)(O)CO)c2ccccc12. The van der Waals surface area contributed by atoms with Crippen molar-refractivity contribution in [2.75, 3.05) is 20.3 Å². The third-order valence-electron chi connectivity index (χ3n) is 3.36. The Kier molecular flexibility index (Phi) is 4.60. The Morgan fingerprint density at radius 2 is 1.85 bits per heavy atom. The lowest BCUT2D eigenvalue weighted by atomic mass is 10.0. The van der Waals surface area contributed by atoms with Gasteiger partial charge in [0.1, 0.15) is 5.75 Å². The average molecular weight is 275 g/mol. The molecular weight excluding hydrogens is 254 g/mol. The van der Waals surface area contributed by atoms with E-state index >= 15 is 0 Å². The summed E-state index contributed by atoms with van der Waals surface area (Å²) in [6.07, 6.45) is 0. The van der Waals surface area contributed by atoms with Crippen molar-refractivity contribution < 1.29 is 14.9 Å². The van der Waals surface area contributed by atoms with Gasteiger partial charge in [-0.05, 0) is 23.9 Å². The predicted molar refractivity (Wildman–Crippen MR) is 79.9 cm³/mol. The van der Waals surface area contributed by atoms with Gasteiger partial charge in [-0.15, -0.1) is 0 Å². The maximum absolute atomic E-state index is 9.76. The highest BCUT2D eigenvalue weighted by Gasteiger charge is 2.18. The van der Waals surface area contributed by atoms with Crippen LogP contribution in [0.15, 0.2) is 36.4 Å². The van der Waals surface area contributed by atoms with E-state index in [-0.39, 0.29) is 6.61 Å². The number of hydrogen-bond acceptors (Lipinski definition) is 4. The standard InChI is InChI=1S/C16H21NO3/c1-16(19,11-18)10-17-9-12-7-8-15(20-2)14-6-4-3-5-13(12)14/h3-8,17-19H,9-11H2,1-2H3. The molecule has 0 radical (unpaired) electrons. The van der Waals surface area contributed by atoms with E-state index in [1.807, 2.05) is 30.3 Å². The zero-order valence-corrected chi connectivity index (χ0v) is 11.9. The second-order valence-corrected chi connectivity index (χ2v) is 5.23. The molecule has 0 fully saturated rings. The van der Waals surface area contributed by atoms with E-state index in [0.29, 0.717) is 13.1 Å². The summed E-state index contributed by atoms with van der Waals surface area (Å²) < 4.78 is 5.37. The molecule has 20 heavy (non-hydrogen) atoms. The molecule has 108 valence electrons. The summed E-state index contributed by atoms with van der Waals surface area (Å²) in [7, 11) is 1.66. The van der Waals surface area contributed by atoms with Gasteiger partial charge in [0.2, 0.25) is 0 Å². The lowest BCUT2D eigenvalue weighted by Crippen LogP contribution is -2.40. The molecule has 0 amide bonds. The minimum absolute atomic E-state index is 0.261. The van der Waals surface area contributed by atoms with Gasteiger partial charge in [0.05, 0.1) is 19.3 Å². The third kappa shape index (κ3) is 3.28. The van der Waals surface area contributed by atoms with Gasteiger partial charge in [0, 0.05) is 18.5 Å². The number of hydrogen-bond donors (Lipinski definition) is 3. The molecule has 0 saturated heterocycles. The van der Waals surface area contributed by atoms with Crippen molar-refractivity contribution in [3.8, 4) is 5.75 Å². The van der Waals surface area contributed by atoms with E-state index in [4.69, 9.17) is 9.84 Å². The lowest BCUT2D eigenvalue weighted by Gasteiger charge is -2.21. The van der Waals surface area contributed by atoms with E-state index in [1.54, 1.807) is 14.0 Å². The van der Waals surface area contributed by atoms with Crippen molar-refractivity contribution in [1.29, 1.82) is 0 Å². The lowest BCUT2D eigenvalue weighted by molar-refractivity contribution is 0.00255. The smallest absolute Gasteiger partial charge is 0.126 e. The van der Waals surface area contributed by atoms with E-state index in [1.165, 1.54) is 0 Å². The van der Waals surface area contributed by atoms with Crippen LogP contribution in [0.1, 0.15) is 12.5 Å². The Bertz CT molecular complexity index is 581. The number of aliphatic hydroxyl groups excluding tert-OH is 1. The summed E-state index contributed by atoms with van der Waals surface area (Å²) in [4.78, 5) is 0. The summed E-state index contributed by atoms with van der Waals surface area (Å²) in [5.41, 5.74) is 0.0394. The first-order chi connectivity index (χ1) is 9.57. The highest BCUT2D eigenvalue weighted by atomic mass is 16.5. The molecule has 0 bridgehead atoms. The Labute approximate surface area is 119 Å². The zero-order chi connectivity index (χ0) is 14.6. The summed E-state index contributed by atoms with van der Waals surface area (Å²) >= 11 is 0. The van der Waals surface area contributed by atoms with E-state index in [2.05, 4.69) is 11.4 Å². The molecule has 0 saturated carbocycles. The van der Waals surface area contributed by atoms with E-state index < -0.39 is 5.60 Å². The monoisotopic (exact) mass is 275 g/mol. The molecule has 0 aliphatic carbocycles. The topological polar surface area (TPSA) is 61.7 Å². The van der Waals surface area contributed by atoms with Crippen molar-refractivity contribution in [1.82, 2.24) is 5.32 Å². The zero-order valence-electron chi connectivity index (χ0n) is 11.9. The molecule has 4 nitrogen and oxygen atoms in total. The highest BCUT2D eigenvalue weighted by Crippen LogP contribution is 2.28. The van der Waals surface area contributed by atoms with E-state index in [9.17, 15) is 5.11 Å². The van der Waals surface area contributed by atoms with Crippen molar-refractivity contribution in [3.05, 3.63) is 42.0 Å². The molecule has 0 aliphatic heterocycles. The minimum Gasteiger partial charge on any atom is -0.496 e. The number of fused-ring (bicyclic) bond motifs is 1. The molecule has 4 heteroatoms. The van der Waals surface area contributed by atoms with Crippen LogP contribution >= 0.6 is 0 Å². The van der Waals surface area contributed by atoms with E-state index in [0.717, 1.165) is 22.1 Å². The second-order valence-electron chi connectivity index (χ2n) is 5.23. The summed E-state index contributed by atoms with van der Waals surface area (Å²) in [6.45, 7) is 2.31. The maximum Gasteiger partial charge on any atom is 0.126 e. The fourth-order valence-corrected chi connectivity index (χ4v) is 2.19. The highest BCUT2D eigenvalue weighted by molar-refractivity contribution is 5.91. The van der Waals surface area contributed by atoms with Crippen LogP contribution in [-0.4, -0.2) is 36.1 Å². The van der Waals surface area contributed by atoms with Crippen molar-refractivity contribution >= 4 is 10.8 Å². The fourth-order valence-electron chi connectivity index (χ4n) is 2.19. The Morgan fingerprint density at radius 1 is 1.15 bits per heavy atom. The van der Waals surface area contributed by atoms with Gasteiger partial charge in [-0.3, -0.25) is 0 Å². The molecule has 1 atom stereocenters. The summed E-state index contributed by atoms with van der Waals surface area (Å²) in [6, 6.07) is 12.0. The Balaban J connectivity index is 2.19. The van der Waals surface area contributed by atoms with Crippen LogP contribution in [0.3, 0.4) is 0 Å². The normalized spacial score (nSPS) is 14.2. The molecular formula is C16H21NO3. The van der Waals surface area contributed by atoms with Crippen LogP contribution in [0.4, 0.5) is 0 Å². The molecule has 0 aromatic heterocycles. The van der Waals surface area contributed by atoms with Gasteiger partial charge >= 0.3 is 0 Å². The number of ether oxygens (including phenoxy) is 1. The van der Waals surface area contributed by atoms with Gasteiger partial charge in [0.15, 0.2) is 0 Å². The van der Waals surface area contributed by atoms with Crippen molar-refractivity contribution in [2.45, 2.75) is 19.1 Å². The van der Waals surface area contributed by atoms with Crippen LogP contribution in [0.5, 0.6) is 5.75 Å². The van der Waals surface area contributed by atoms with Crippen LogP contribution in [0.25, 0.3) is 10.8 Å². The summed E-state index contributed by atoms with van der Waals surface area (Å²) in [5.74, 6) is 0.853. The molecule has 2 rings (SSSR count). The maximum atomic E-state index is 9.76. The second kappa shape index (κ2) is 6.22. The minimum atomic E-state index is -1.09. The van der Waals surface area contributed by atoms with Gasteiger partial charge < -0.3 is 20.3 Å². The molecule has 3 N–H and O–H groups in total. The molecule has 0 heterocycles. The van der Waals surface area contributed by atoms with Gasteiger partial charge in [-0.2, -0.15) is 0 Å². The molecule has 0 aliphatic rings. The van der Waals surface area contributed by atoms with Gasteiger partial charge in [0.25, 0.3) is 0 Å². The molecule has 1 unspecified atom stereocenters. The number of benzene rings is 2. The largest absolute Gasteiger partial charge is 0.496 e. The van der Waals surface area contributed by atoms with Gasteiger partial charge in [-0.1, -0.05) is 30.3 Å². The first kappa shape index (κ1) is 14.8. The number of methoxy groups -OCH3 is 1. The first-order valence-electron chi connectivity index (χ1n) is 6.66. The van der Waals surface area contributed by atoms with Crippen molar-refractivity contribution in [3.63, 3.8) is 0 Å². The fraction of sp³-hybridized carbons (Fsp3) is 0.375. The number of rotatable bonds is 6. The first-order valence-corrected chi connectivity index (χ1v) is 6.66. The van der Waals surface area contributed by atoms with Crippen molar-refractivity contribution in [2.24, 2.45) is 0 Å². The Hall–Kier alpha value is -1.62. The quantitative estimate of drug-likeness (QED) is 0.750. The van der Waals surface area contributed by atoms with Crippen LogP contribution in [0.2, 0.25) is 0 Å². The predicted octanol–water partition coefficient (Wildman–Crippen LogP) is 1.68. The van der Waals surface area contributed by atoms with Crippen LogP contribution in [-0.2, 0) is 6.54 Å².